The van der Waals surface area contributed by atoms with Crippen LogP contribution in [-0.4, -0.2) is 30.8 Å². The summed E-state index contributed by atoms with van der Waals surface area (Å²) in [5.74, 6) is 1.30. The number of aryl methyl sites for hydroxylation is 2. The van der Waals surface area contributed by atoms with Crippen molar-refractivity contribution in [1.29, 1.82) is 0 Å². The van der Waals surface area contributed by atoms with E-state index in [4.69, 9.17) is 14.0 Å². The number of benzene rings is 1. The van der Waals surface area contributed by atoms with Gasteiger partial charge in [-0.3, -0.25) is 0 Å². The van der Waals surface area contributed by atoms with Gasteiger partial charge in [-0.15, -0.1) is 0 Å². The summed E-state index contributed by atoms with van der Waals surface area (Å²) in [7, 11) is 1.67. The summed E-state index contributed by atoms with van der Waals surface area (Å²) < 4.78 is 16.6. The molecule has 0 radical (unpaired) electrons. The molecular weight excluding hydrogens is 268 g/mol. The lowest BCUT2D eigenvalue weighted by atomic mass is 10.0. The zero-order chi connectivity index (χ0) is 14.8. The summed E-state index contributed by atoms with van der Waals surface area (Å²) in [4.78, 5) is 4.67. The van der Waals surface area contributed by atoms with Gasteiger partial charge < -0.3 is 14.0 Å². The van der Waals surface area contributed by atoms with Crippen LogP contribution in [0, 0.1) is 13.8 Å². The highest BCUT2D eigenvalue weighted by molar-refractivity contribution is 5.97. The van der Waals surface area contributed by atoms with E-state index in [1.54, 1.807) is 7.11 Å². The van der Waals surface area contributed by atoms with Crippen LogP contribution < -0.4 is 0 Å². The fourth-order valence-corrected chi connectivity index (χ4v) is 2.59. The molecule has 2 aromatic rings. The minimum atomic E-state index is -0.144. The van der Waals surface area contributed by atoms with Gasteiger partial charge in [0.25, 0.3) is 0 Å². The lowest BCUT2D eigenvalue weighted by Gasteiger charge is -2.17. The predicted molar refractivity (Wildman–Crippen MR) is 78.4 cm³/mol. The van der Waals surface area contributed by atoms with Gasteiger partial charge in [0.15, 0.2) is 6.10 Å². The van der Waals surface area contributed by atoms with Gasteiger partial charge >= 0.3 is 0 Å². The topological polar surface area (TPSA) is 56.9 Å². The smallest absolute Gasteiger partial charge is 0.222 e. The summed E-state index contributed by atoms with van der Waals surface area (Å²) in [5.41, 5.74) is 2.72. The van der Waals surface area contributed by atoms with Crippen molar-refractivity contribution < 1.29 is 14.0 Å². The molecule has 1 aliphatic heterocycles. The van der Waals surface area contributed by atoms with Crippen LogP contribution in [-0.2, 0) is 9.47 Å². The molecule has 5 heteroatoms. The number of nitrogens with zero attached hydrogens (tertiary/aromatic N) is 2. The molecular formula is C16H18N2O3. The van der Waals surface area contributed by atoms with E-state index in [0.29, 0.717) is 12.5 Å². The van der Waals surface area contributed by atoms with Crippen molar-refractivity contribution in [2.24, 2.45) is 4.99 Å². The molecule has 0 bridgehead atoms. The Kier molecular flexibility index (Phi) is 3.75. The Morgan fingerprint density at radius 2 is 1.95 bits per heavy atom. The third-order valence-corrected chi connectivity index (χ3v) is 3.58. The fourth-order valence-electron chi connectivity index (χ4n) is 2.59. The Hall–Kier alpha value is -2.14. The number of hydrogen-bond donors (Lipinski definition) is 0. The van der Waals surface area contributed by atoms with E-state index in [0.717, 1.165) is 22.6 Å². The Bertz CT molecular complexity index is 629. The molecule has 1 aliphatic rings. The largest absolute Gasteiger partial charge is 0.467 e. The van der Waals surface area contributed by atoms with Gasteiger partial charge in [0.1, 0.15) is 17.4 Å². The SMILES string of the molecule is COCC1N=C(c2c(C)noc2C)OC1c1ccccc1. The van der Waals surface area contributed by atoms with E-state index < -0.39 is 0 Å². The highest BCUT2D eigenvalue weighted by Crippen LogP contribution is 2.32. The Morgan fingerprint density at radius 3 is 2.57 bits per heavy atom. The summed E-state index contributed by atoms with van der Waals surface area (Å²) in [6, 6.07) is 9.99. The van der Waals surface area contributed by atoms with Crippen molar-refractivity contribution in [1.82, 2.24) is 5.16 Å². The first-order valence-electron chi connectivity index (χ1n) is 6.92. The molecule has 1 aromatic carbocycles. The molecule has 0 saturated carbocycles. The second-order valence-electron chi connectivity index (χ2n) is 5.11. The highest BCUT2D eigenvalue weighted by Gasteiger charge is 2.35. The van der Waals surface area contributed by atoms with E-state index in [9.17, 15) is 0 Å². The predicted octanol–water partition coefficient (Wildman–Crippen LogP) is 2.82. The first kappa shape index (κ1) is 13.8. The minimum absolute atomic E-state index is 0.0684. The molecule has 0 fully saturated rings. The van der Waals surface area contributed by atoms with E-state index in [1.165, 1.54) is 0 Å². The second kappa shape index (κ2) is 5.69. The van der Waals surface area contributed by atoms with Crippen LogP contribution in [0.25, 0.3) is 0 Å². The lowest BCUT2D eigenvalue weighted by molar-refractivity contribution is 0.120. The molecule has 21 heavy (non-hydrogen) atoms. The summed E-state index contributed by atoms with van der Waals surface area (Å²) in [6.07, 6.45) is -0.144. The molecule has 0 N–H and O–H groups in total. The van der Waals surface area contributed by atoms with Gasteiger partial charge in [-0.2, -0.15) is 0 Å². The lowest BCUT2D eigenvalue weighted by Crippen LogP contribution is -2.19. The van der Waals surface area contributed by atoms with Gasteiger partial charge in [-0.1, -0.05) is 35.5 Å². The maximum atomic E-state index is 6.09. The molecule has 0 saturated heterocycles. The molecule has 3 rings (SSSR count). The standard InChI is InChI=1S/C16H18N2O3/c1-10-14(11(2)21-18-10)16-17-13(9-19-3)15(20-16)12-7-5-4-6-8-12/h4-8,13,15H,9H2,1-3H3. The Balaban J connectivity index is 1.93. The average molecular weight is 286 g/mol. The maximum absolute atomic E-state index is 6.09. The zero-order valence-electron chi connectivity index (χ0n) is 12.4. The molecule has 2 heterocycles. The summed E-state index contributed by atoms with van der Waals surface area (Å²) in [6.45, 7) is 4.26. The molecule has 5 nitrogen and oxygen atoms in total. The Morgan fingerprint density at radius 1 is 1.19 bits per heavy atom. The number of ether oxygens (including phenoxy) is 2. The number of rotatable bonds is 4. The van der Waals surface area contributed by atoms with Gasteiger partial charge in [0, 0.05) is 7.11 Å². The van der Waals surface area contributed by atoms with E-state index in [-0.39, 0.29) is 12.1 Å². The van der Waals surface area contributed by atoms with Crippen molar-refractivity contribution >= 4 is 5.90 Å². The van der Waals surface area contributed by atoms with Crippen molar-refractivity contribution in [3.63, 3.8) is 0 Å². The molecule has 1 aromatic heterocycles. The van der Waals surface area contributed by atoms with Crippen LogP contribution in [0.3, 0.4) is 0 Å². The Labute approximate surface area is 123 Å². The third-order valence-electron chi connectivity index (χ3n) is 3.58. The highest BCUT2D eigenvalue weighted by atomic mass is 16.5. The normalized spacial score (nSPS) is 21.2. The molecule has 0 amide bonds. The van der Waals surface area contributed by atoms with Crippen LogP contribution >= 0.6 is 0 Å². The van der Waals surface area contributed by atoms with Gasteiger partial charge in [0.2, 0.25) is 5.90 Å². The average Bonchev–Trinajstić information content (AvgIpc) is 3.04. The molecule has 0 aliphatic carbocycles. The summed E-state index contributed by atoms with van der Waals surface area (Å²) in [5, 5.41) is 3.96. The van der Waals surface area contributed by atoms with Crippen LogP contribution in [0.4, 0.5) is 0 Å². The van der Waals surface area contributed by atoms with E-state index in [2.05, 4.69) is 10.1 Å². The molecule has 0 spiro atoms. The summed E-state index contributed by atoms with van der Waals surface area (Å²) >= 11 is 0. The maximum Gasteiger partial charge on any atom is 0.222 e. The number of aliphatic imine (C=N–C) groups is 1. The van der Waals surface area contributed by atoms with Crippen molar-refractivity contribution in [3.8, 4) is 0 Å². The fraction of sp³-hybridized carbons (Fsp3) is 0.375. The molecule has 2 atom stereocenters. The monoisotopic (exact) mass is 286 g/mol. The van der Waals surface area contributed by atoms with Crippen LogP contribution in [0.5, 0.6) is 0 Å². The van der Waals surface area contributed by atoms with Crippen molar-refractivity contribution in [3.05, 3.63) is 52.9 Å². The van der Waals surface area contributed by atoms with Gasteiger partial charge in [0.05, 0.1) is 12.3 Å². The zero-order valence-corrected chi connectivity index (χ0v) is 12.4. The number of methoxy groups -OCH3 is 1. The molecule has 110 valence electrons. The van der Waals surface area contributed by atoms with Gasteiger partial charge in [-0.05, 0) is 19.4 Å². The quantitative estimate of drug-likeness (QED) is 0.867. The van der Waals surface area contributed by atoms with Crippen LogP contribution in [0.15, 0.2) is 39.8 Å². The third kappa shape index (κ3) is 2.56. The van der Waals surface area contributed by atoms with E-state index in [1.807, 2.05) is 44.2 Å². The molecule has 2 unspecified atom stereocenters. The first-order valence-corrected chi connectivity index (χ1v) is 6.92. The second-order valence-corrected chi connectivity index (χ2v) is 5.11. The van der Waals surface area contributed by atoms with Crippen molar-refractivity contribution in [2.45, 2.75) is 26.0 Å². The minimum Gasteiger partial charge on any atom is -0.467 e. The number of hydrogen-bond acceptors (Lipinski definition) is 5. The first-order chi connectivity index (χ1) is 10.2. The van der Waals surface area contributed by atoms with Crippen molar-refractivity contribution in [2.75, 3.05) is 13.7 Å². The van der Waals surface area contributed by atoms with E-state index >= 15 is 0 Å². The van der Waals surface area contributed by atoms with Crippen LogP contribution in [0.1, 0.15) is 28.7 Å². The number of aromatic nitrogens is 1. The van der Waals surface area contributed by atoms with Gasteiger partial charge in [-0.25, -0.2) is 4.99 Å². The van der Waals surface area contributed by atoms with Crippen LogP contribution in [0.2, 0.25) is 0 Å².